The number of hydrogen-bond acceptors (Lipinski definition) is 3. The lowest BCUT2D eigenvalue weighted by Crippen LogP contribution is -2.40. The number of nitrogens with one attached hydrogen (secondary N) is 1. The van der Waals surface area contributed by atoms with Crippen LogP contribution in [-0.2, 0) is 4.74 Å². The van der Waals surface area contributed by atoms with Crippen LogP contribution in [0.4, 0.5) is 0 Å². The van der Waals surface area contributed by atoms with Gasteiger partial charge in [-0.25, -0.2) is 0 Å². The normalized spacial score (nSPS) is 13.3. The van der Waals surface area contributed by atoms with E-state index in [0.717, 1.165) is 31.9 Å². The van der Waals surface area contributed by atoms with Crippen molar-refractivity contribution >= 4 is 5.96 Å². The molecule has 0 aromatic heterocycles. The SMILES string of the molecule is C=CCCCN(C)C(=NCC(O)COCC(C)C)NCC. The molecule has 5 nitrogen and oxygen atoms in total. The van der Waals surface area contributed by atoms with E-state index in [9.17, 15) is 5.11 Å². The molecule has 0 fully saturated rings. The Kier molecular flexibility index (Phi) is 12.0. The highest BCUT2D eigenvalue weighted by Gasteiger charge is 2.08. The van der Waals surface area contributed by atoms with Gasteiger partial charge in [-0.3, -0.25) is 4.99 Å². The van der Waals surface area contributed by atoms with E-state index in [0.29, 0.717) is 25.7 Å². The van der Waals surface area contributed by atoms with E-state index < -0.39 is 6.10 Å². The number of aliphatic hydroxyl groups is 1. The summed E-state index contributed by atoms with van der Waals surface area (Å²) in [4.78, 5) is 6.54. The first-order valence-corrected chi connectivity index (χ1v) is 7.87. The van der Waals surface area contributed by atoms with E-state index in [4.69, 9.17) is 4.74 Å². The molecule has 0 amide bonds. The van der Waals surface area contributed by atoms with Gasteiger partial charge in [-0.15, -0.1) is 6.58 Å². The Bertz CT molecular complexity index is 293. The third kappa shape index (κ3) is 11.3. The highest BCUT2D eigenvalue weighted by Crippen LogP contribution is 1.97. The first-order chi connectivity index (χ1) is 10.0. The second-order valence-electron chi connectivity index (χ2n) is 5.63. The van der Waals surface area contributed by atoms with Crippen LogP contribution in [0.15, 0.2) is 17.6 Å². The zero-order valence-corrected chi connectivity index (χ0v) is 14.1. The molecule has 0 saturated carbocycles. The molecule has 124 valence electrons. The van der Waals surface area contributed by atoms with Crippen molar-refractivity contribution in [1.82, 2.24) is 10.2 Å². The maximum Gasteiger partial charge on any atom is 0.193 e. The predicted molar refractivity (Wildman–Crippen MR) is 89.7 cm³/mol. The number of aliphatic imine (C=N–C) groups is 1. The predicted octanol–water partition coefficient (Wildman–Crippen LogP) is 1.88. The molecule has 5 heteroatoms. The quantitative estimate of drug-likeness (QED) is 0.265. The summed E-state index contributed by atoms with van der Waals surface area (Å²) in [5, 5.41) is 13.1. The minimum absolute atomic E-state index is 0.335. The number of aliphatic hydroxyl groups excluding tert-OH is 1. The van der Waals surface area contributed by atoms with E-state index in [1.165, 1.54) is 0 Å². The zero-order valence-electron chi connectivity index (χ0n) is 14.1. The van der Waals surface area contributed by atoms with Crippen molar-refractivity contribution in [1.29, 1.82) is 0 Å². The van der Waals surface area contributed by atoms with E-state index in [2.05, 4.69) is 35.6 Å². The number of nitrogens with zero attached hydrogens (tertiary/aromatic N) is 2. The molecule has 0 heterocycles. The van der Waals surface area contributed by atoms with Gasteiger partial charge in [0.25, 0.3) is 0 Å². The van der Waals surface area contributed by atoms with Gasteiger partial charge in [-0.1, -0.05) is 19.9 Å². The van der Waals surface area contributed by atoms with Crippen molar-refractivity contribution in [3.63, 3.8) is 0 Å². The fourth-order valence-electron chi connectivity index (χ4n) is 1.73. The van der Waals surface area contributed by atoms with Gasteiger partial charge in [0.05, 0.1) is 19.3 Å². The highest BCUT2D eigenvalue weighted by molar-refractivity contribution is 5.79. The lowest BCUT2D eigenvalue weighted by Gasteiger charge is -2.22. The van der Waals surface area contributed by atoms with Gasteiger partial charge in [0.1, 0.15) is 0 Å². The van der Waals surface area contributed by atoms with Crippen LogP contribution in [-0.4, -0.2) is 62.0 Å². The molecule has 0 aromatic carbocycles. The molecule has 2 N–H and O–H groups in total. The van der Waals surface area contributed by atoms with Gasteiger partial charge in [0.15, 0.2) is 5.96 Å². The van der Waals surface area contributed by atoms with Crippen LogP contribution >= 0.6 is 0 Å². The summed E-state index contributed by atoms with van der Waals surface area (Å²) in [6.45, 7) is 13.0. The lowest BCUT2D eigenvalue weighted by atomic mass is 10.2. The molecule has 1 unspecified atom stereocenters. The van der Waals surface area contributed by atoms with Gasteiger partial charge in [0, 0.05) is 26.7 Å². The Labute approximate surface area is 130 Å². The van der Waals surface area contributed by atoms with Crippen molar-refractivity contribution < 1.29 is 9.84 Å². The van der Waals surface area contributed by atoms with Gasteiger partial charge in [0.2, 0.25) is 0 Å². The van der Waals surface area contributed by atoms with Crippen LogP contribution < -0.4 is 5.32 Å². The average Bonchev–Trinajstić information content (AvgIpc) is 2.43. The van der Waals surface area contributed by atoms with E-state index in [1.807, 2.05) is 20.0 Å². The molecular formula is C16H33N3O2. The topological polar surface area (TPSA) is 57.1 Å². The number of allylic oxidation sites excluding steroid dienone is 1. The van der Waals surface area contributed by atoms with Crippen molar-refractivity contribution in [2.24, 2.45) is 10.9 Å². The Morgan fingerprint density at radius 2 is 2.14 bits per heavy atom. The number of rotatable bonds is 11. The number of hydrogen-bond donors (Lipinski definition) is 2. The third-order valence-corrected chi connectivity index (χ3v) is 2.81. The molecule has 21 heavy (non-hydrogen) atoms. The maximum absolute atomic E-state index is 9.88. The molecular weight excluding hydrogens is 266 g/mol. The fourth-order valence-corrected chi connectivity index (χ4v) is 1.73. The first kappa shape index (κ1) is 19.9. The summed E-state index contributed by atoms with van der Waals surface area (Å²) in [6.07, 6.45) is 3.41. The summed E-state index contributed by atoms with van der Waals surface area (Å²) in [7, 11) is 2.01. The molecule has 0 spiro atoms. The van der Waals surface area contributed by atoms with Crippen LogP contribution in [0.1, 0.15) is 33.6 Å². The van der Waals surface area contributed by atoms with E-state index >= 15 is 0 Å². The van der Waals surface area contributed by atoms with Crippen LogP contribution in [0, 0.1) is 5.92 Å². The molecule has 0 radical (unpaired) electrons. The molecule has 0 rings (SSSR count). The van der Waals surface area contributed by atoms with E-state index in [1.54, 1.807) is 0 Å². The van der Waals surface area contributed by atoms with Crippen LogP contribution in [0.3, 0.4) is 0 Å². The third-order valence-electron chi connectivity index (χ3n) is 2.81. The van der Waals surface area contributed by atoms with Crippen molar-refractivity contribution in [3.05, 3.63) is 12.7 Å². The van der Waals surface area contributed by atoms with E-state index in [-0.39, 0.29) is 0 Å². The summed E-state index contributed by atoms with van der Waals surface area (Å²) < 4.78 is 5.42. The van der Waals surface area contributed by atoms with Gasteiger partial charge in [-0.2, -0.15) is 0 Å². The molecule has 1 atom stereocenters. The Morgan fingerprint density at radius 3 is 2.71 bits per heavy atom. The number of ether oxygens (including phenoxy) is 1. The molecule has 0 aromatic rings. The van der Waals surface area contributed by atoms with Gasteiger partial charge in [-0.05, 0) is 25.7 Å². The van der Waals surface area contributed by atoms with Gasteiger partial charge >= 0.3 is 0 Å². The molecule has 0 saturated heterocycles. The first-order valence-electron chi connectivity index (χ1n) is 7.87. The summed E-state index contributed by atoms with van der Waals surface area (Å²) >= 11 is 0. The van der Waals surface area contributed by atoms with Crippen molar-refractivity contribution in [2.45, 2.75) is 39.7 Å². The molecule has 0 aliphatic heterocycles. The fraction of sp³-hybridized carbons (Fsp3) is 0.812. The molecule has 0 bridgehead atoms. The van der Waals surface area contributed by atoms with Gasteiger partial charge < -0.3 is 20.1 Å². The largest absolute Gasteiger partial charge is 0.389 e. The summed E-state index contributed by atoms with van der Waals surface area (Å²) in [5.41, 5.74) is 0. The van der Waals surface area contributed by atoms with Crippen LogP contribution in [0.2, 0.25) is 0 Å². The smallest absolute Gasteiger partial charge is 0.193 e. The van der Waals surface area contributed by atoms with Crippen molar-refractivity contribution in [2.75, 3.05) is 39.9 Å². The standard InChI is InChI=1S/C16H33N3O2/c1-6-8-9-10-19(5)16(17-7-2)18-11-15(20)13-21-12-14(3)4/h6,14-15,20H,1,7-13H2,2-5H3,(H,17,18). The minimum atomic E-state index is -0.556. The zero-order chi connectivity index (χ0) is 16.1. The lowest BCUT2D eigenvalue weighted by molar-refractivity contribution is 0.0300. The molecule has 0 aliphatic carbocycles. The second-order valence-corrected chi connectivity index (χ2v) is 5.63. The second kappa shape index (κ2) is 12.7. The molecule has 0 aliphatic rings. The monoisotopic (exact) mass is 299 g/mol. The van der Waals surface area contributed by atoms with Crippen LogP contribution in [0.5, 0.6) is 0 Å². The summed E-state index contributed by atoms with van der Waals surface area (Å²) in [5.74, 6) is 1.30. The van der Waals surface area contributed by atoms with Crippen molar-refractivity contribution in [3.8, 4) is 0 Å². The Hall–Kier alpha value is -1.07. The summed E-state index contributed by atoms with van der Waals surface area (Å²) in [6, 6.07) is 0. The minimum Gasteiger partial charge on any atom is -0.389 e. The maximum atomic E-state index is 9.88. The van der Waals surface area contributed by atoms with Crippen LogP contribution in [0.25, 0.3) is 0 Å². The average molecular weight is 299 g/mol. The highest BCUT2D eigenvalue weighted by atomic mass is 16.5. The Balaban J connectivity index is 4.20. The number of unbranched alkanes of at least 4 members (excludes halogenated alkanes) is 1. The number of guanidine groups is 1. The Morgan fingerprint density at radius 1 is 1.43 bits per heavy atom.